The molecule has 22 heavy (non-hydrogen) atoms. The van der Waals surface area contributed by atoms with E-state index in [-0.39, 0.29) is 0 Å². The second kappa shape index (κ2) is 8.18. The molecule has 2 heterocycles. The Morgan fingerprint density at radius 1 is 1.00 bits per heavy atom. The highest BCUT2D eigenvalue weighted by atomic mass is 15.2. The van der Waals surface area contributed by atoms with Gasteiger partial charge in [0.1, 0.15) is 0 Å². The number of para-hydroxylation sites is 1. The number of piperidine rings is 1. The Hall–Kier alpha value is -1.55. The van der Waals surface area contributed by atoms with Gasteiger partial charge >= 0.3 is 0 Å². The standard InChI is InChI=1S/C18H28N4/c1(2-7-13-22-14-8-3-9-15-22)6-12-19-18-16-10-4-5-11-17(16)20-21-18/h4-5,10-11H,1-3,6-9,12-15H2,(H2,19,20,21). The van der Waals surface area contributed by atoms with Crippen LogP contribution in [-0.2, 0) is 0 Å². The number of nitrogens with zero attached hydrogens (tertiary/aromatic N) is 2. The van der Waals surface area contributed by atoms with Crippen LogP contribution < -0.4 is 5.32 Å². The molecule has 1 fully saturated rings. The lowest BCUT2D eigenvalue weighted by Crippen LogP contribution is -2.30. The van der Waals surface area contributed by atoms with Gasteiger partial charge in [0.2, 0.25) is 0 Å². The van der Waals surface area contributed by atoms with Crippen molar-refractivity contribution in [2.24, 2.45) is 0 Å². The highest BCUT2D eigenvalue weighted by Crippen LogP contribution is 2.19. The fourth-order valence-corrected chi connectivity index (χ4v) is 3.30. The smallest absolute Gasteiger partial charge is 0.155 e. The Bertz CT molecular complexity index is 557. The normalized spacial score (nSPS) is 16.2. The van der Waals surface area contributed by atoms with E-state index >= 15 is 0 Å². The summed E-state index contributed by atoms with van der Waals surface area (Å²) >= 11 is 0. The van der Waals surface area contributed by atoms with E-state index in [1.165, 1.54) is 70.0 Å². The van der Waals surface area contributed by atoms with Crippen LogP contribution in [0.15, 0.2) is 24.3 Å². The first kappa shape index (κ1) is 15.3. The van der Waals surface area contributed by atoms with Crippen molar-refractivity contribution in [1.82, 2.24) is 15.1 Å². The van der Waals surface area contributed by atoms with Gasteiger partial charge in [0.25, 0.3) is 0 Å². The van der Waals surface area contributed by atoms with Crippen LogP contribution in [0.5, 0.6) is 0 Å². The van der Waals surface area contributed by atoms with Crippen LogP contribution in [0.25, 0.3) is 10.9 Å². The molecule has 120 valence electrons. The van der Waals surface area contributed by atoms with E-state index in [2.05, 4.69) is 38.6 Å². The molecule has 0 atom stereocenters. The van der Waals surface area contributed by atoms with Gasteiger partial charge in [-0.1, -0.05) is 31.4 Å². The molecule has 0 aliphatic carbocycles. The van der Waals surface area contributed by atoms with E-state index < -0.39 is 0 Å². The number of anilines is 1. The topological polar surface area (TPSA) is 44.0 Å². The number of rotatable bonds is 8. The maximum atomic E-state index is 4.35. The van der Waals surface area contributed by atoms with E-state index in [1.807, 2.05) is 6.07 Å². The van der Waals surface area contributed by atoms with Gasteiger partial charge in [-0.2, -0.15) is 5.10 Å². The average Bonchev–Trinajstić information content (AvgIpc) is 2.98. The van der Waals surface area contributed by atoms with Crippen molar-refractivity contribution in [2.75, 3.05) is 31.5 Å². The quantitative estimate of drug-likeness (QED) is 0.724. The molecular formula is C18H28N4. The summed E-state index contributed by atoms with van der Waals surface area (Å²) in [4.78, 5) is 2.64. The number of unbranched alkanes of at least 4 members (excludes halogenated alkanes) is 3. The second-order valence-electron chi connectivity index (χ2n) is 6.36. The maximum Gasteiger partial charge on any atom is 0.155 e. The van der Waals surface area contributed by atoms with E-state index in [9.17, 15) is 0 Å². The third-order valence-corrected chi connectivity index (χ3v) is 4.61. The van der Waals surface area contributed by atoms with Crippen molar-refractivity contribution < 1.29 is 0 Å². The van der Waals surface area contributed by atoms with Gasteiger partial charge in [-0.15, -0.1) is 0 Å². The number of hydrogen-bond donors (Lipinski definition) is 2. The first-order valence-electron chi connectivity index (χ1n) is 8.83. The molecule has 0 saturated carbocycles. The molecule has 4 nitrogen and oxygen atoms in total. The van der Waals surface area contributed by atoms with Gasteiger partial charge < -0.3 is 10.2 Å². The van der Waals surface area contributed by atoms with Gasteiger partial charge in [0.05, 0.1) is 5.52 Å². The van der Waals surface area contributed by atoms with Crippen LogP contribution in [0.1, 0.15) is 44.9 Å². The molecule has 4 heteroatoms. The van der Waals surface area contributed by atoms with Crippen LogP contribution in [0.3, 0.4) is 0 Å². The number of H-pyrrole nitrogens is 1. The monoisotopic (exact) mass is 300 g/mol. The van der Waals surface area contributed by atoms with E-state index in [0.717, 1.165) is 17.9 Å². The Labute approximate surface area is 133 Å². The minimum atomic E-state index is 0.990. The zero-order chi connectivity index (χ0) is 15.0. The first-order chi connectivity index (χ1) is 10.9. The first-order valence-corrected chi connectivity index (χ1v) is 8.83. The van der Waals surface area contributed by atoms with E-state index in [4.69, 9.17) is 0 Å². The Balaban J connectivity index is 1.27. The number of likely N-dealkylation sites (tertiary alicyclic amines) is 1. The zero-order valence-corrected chi connectivity index (χ0v) is 13.5. The van der Waals surface area contributed by atoms with Crippen molar-refractivity contribution >= 4 is 16.7 Å². The number of aromatic amines is 1. The Kier molecular flexibility index (Phi) is 5.71. The summed E-state index contributed by atoms with van der Waals surface area (Å²) in [6, 6.07) is 8.27. The molecule has 1 aromatic heterocycles. The molecule has 0 amide bonds. The number of benzene rings is 1. The summed E-state index contributed by atoms with van der Waals surface area (Å²) in [6.45, 7) is 4.97. The van der Waals surface area contributed by atoms with Crippen molar-refractivity contribution in [3.05, 3.63) is 24.3 Å². The molecule has 1 saturated heterocycles. The summed E-state index contributed by atoms with van der Waals surface area (Å²) in [5, 5.41) is 12.1. The fraction of sp³-hybridized carbons (Fsp3) is 0.611. The third-order valence-electron chi connectivity index (χ3n) is 4.61. The lowest BCUT2D eigenvalue weighted by molar-refractivity contribution is 0.224. The van der Waals surface area contributed by atoms with Gasteiger partial charge in [0.15, 0.2) is 5.82 Å². The third kappa shape index (κ3) is 4.23. The van der Waals surface area contributed by atoms with Crippen LogP contribution in [0.4, 0.5) is 5.82 Å². The van der Waals surface area contributed by atoms with Crippen LogP contribution in [0, 0.1) is 0 Å². The number of nitrogens with one attached hydrogen (secondary N) is 2. The molecule has 2 aromatic rings. The molecule has 0 radical (unpaired) electrons. The van der Waals surface area contributed by atoms with Crippen LogP contribution in [-0.4, -0.2) is 41.3 Å². The predicted octanol–water partition coefficient (Wildman–Crippen LogP) is 4.02. The lowest BCUT2D eigenvalue weighted by Gasteiger charge is -2.26. The summed E-state index contributed by atoms with van der Waals surface area (Å²) < 4.78 is 0. The molecule has 0 spiro atoms. The molecule has 1 aliphatic rings. The van der Waals surface area contributed by atoms with Crippen LogP contribution in [0.2, 0.25) is 0 Å². The minimum Gasteiger partial charge on any atom is -0.368 e. The number of hydrogen-bond acceptors (Lipinski definition) is 3. The second-order valence-corrected chi connectivity index (χ2v) is 6.36. The average molecular weight is 300 g/mol. The van der Waals surface area contributed by atoms with E-state index in [0.29, 0.717) is 0 Å². The van der Waals surface area contributed by atoms with Crippen molar-refractivity contribution in [2.45, 2.75) is 44.9 Å². The molecule has 1 aliphatic heterocycles. The van der Waals surface area contributed by atoms with Gasteiger partial charge in [-0.3, -0.25) is 5.10 Å². The zero-order valence-electron chi connectivity index (χ0n) is 13.5. The molecule has 0 bridgehead atoms. The van der Waals surface area contributed by atoms with Crippen molar-refractivity contribution in [3.8, 4) is 0 Å². The Morgan fingerprint density at radius 2 is 1.82 bits per heavy atom. The lowest BCUT2D eigenvalue weighted by atomic mass is 10.1. The highest BCUT2D eigenvalue weighted by Gasteiger charge is 2.08. The Morgan fingerprint density at radius 3 is 2.73 bits per heavy atom. The molecule has 2 N–H and O–H groups in total. The highest BCUT2D eigenvalue weighted by molar-refractivity contribution is 5.89. The van der Waals surface area contributed by atoms with Crippen LogP contribution >= 0.6 is 0 Å². The summed E-state index contributed by atoms with van der Waals surface area (Å²) in [6.07, 6.45) is 9.47. The van der Waals surface area contributed by atoms with Crippen molar-refractivity contribution in [3.63, 3.8) is 0 Å². The van der Waals surface area contributed by atoms with Gasteiger partial charge in [-0.25, -0.2) is 0 Å². The molecule has 0 unspecified atom stereocenters. The fourth-order valence-electron chi connectivity index (χ4n) is 3.30. The summed E-state index contributed by atoms with van der Waals surface area (Å²) in [7, 11) is 0. The molecule has 3 rings (SSSR count). The number of fused-ring (bicyclic) bond motifs is 1. The largest absolute Gasteiger partial charge is 0.368 e. The minimum absolute atomic E-state index is 0.990. The van der Waals surface area contributed by atoms with Gasteiger partial charge in [0, 0.05) is 11.9 Å². The van der Waals surface area contributed by atoms with E-state index in [1.54, 1.807) is 0 Å². The van der Waals surface area contributed by atoms with Crippen molar-refractivity contribution in [1.29, 1.82) is 0 Å². The SMILES string of the molecule is c1ccc2c(NCCCCCCN3CCCCC3)n[nH]c2c1. The molecule has 1 aromatic carbocycles. The maximum absolute atomic E-state index is 4.35. The van der Waals surface area contributed by atoms with Gasteiger partial charge in [-0.05, 0) is 57.5 Å². The number of aromatic nitrogens is 2. The predicted molar refractivity (Wildman–Crippen MR) is 93.3 cm³/mol. The molecular weight excluding hydrogens is 272 g/mol. The summed E-state index contributed by atoms with van der Waals surface area (Å²) in [5.74, 6) is 0.990. The summed E-state index contributed by atoms with van der Waals surface area (Å²) in [5.41, 5.74) is 1.10.